The second-order valence-corrected chi connectivity index (χ2v) is 4.15. The number of aliphatic carboxylic acids is 1. The van der Waals surface area contributed by atoms with Gasteiger partial charge in [0.25, 0.3) is 0 Å². The van der Waals surface area contributed by atoms with Gasteiger partial charge in [-0.3, -0.25) is 4.79 Å². The molecule has 0 spiro atoms. The summed E-state index contributed by atoms with van der Waals surface area (Å²) in [4.78, 5) is 11.4. The van der Waals surface area contributed by atoms with Crippen LogP contribution in [0.4, 0.5) is 0 Å². The van der Waals surface area contributed by atoms with Crippen molar-refractivity contribution in [2.24, 2.45) is 0 Å². The minimum Gasteiger partial charge on any atom is -0.481 e. The maximum atomic E-state index is 11.4. The van der Waals surface area contributed by atoms with Crippen molar-refractivity contribution in [2.75, 3.05) is 0 Å². The van der Waals surface area contributed by atoms with E-state index < -0.39 is 17.5 Å². The Morgan fingerprint density at radius 2 is 2.00 bits per heavy atom. The molecule has 0 heterocycles. The van der Waals surface area contributed by atoms with E-state index in [2.05, 4.69) is 0 Å². The first-order valence-electron chi connectivity index (χ1n) is 5.12. The van der Waals surface area contributed by atoms with Crippen LogP contribution in [0, 0.1) is 0 Å². The number of carboxylic acids is 1. The van der Waals surface area contributed by atoms with Crippen molar-refractivity contribution in [1.29, 1.82) is 0 Å². The number of hydrogen-bond acceptors (Lipinski definition) is 2. The largest absolute Gasteiger partial charge is 0.481 e. The summed E-state index contributed by atoms with van der Waals surface area (Å²) in [5, 5.41) is 18.8. The standard InChI is InChI=1S/C12H14O3/c13-10-6-7-12(8-10,11(14)15)9-4-2-1-3-5-9/h1-5,10,13H,6-8H2,(H,14,15)/t10-,12+/m0/s1. The smallest absolute Gasteiger partial charge is 0.314 e. The van der Waals surface area contributed by atoms with Crippen LogP contribution in [0.2, 0.25) is 0 Å². The maximum absolute atomic E-state index is 11.4. The zero-order valence-corrected chi connectivity index (χ0v) is 8.39. The first-order chi connectivity index (χ1) is 7.15. The summed E-state index contributed by atoms with van der Waals surface area (Å²) < 4.78 is 0. The molecule has 15 heavy (non-hydrogen) atoms. The molecular weight excluding hydrogens is 192 g/mol. The highest BCUT2D eigenvalue weighted by Crippen LogP contribution is 2.41. The van der Waals surface area contributed by atoms with E-state index in [1.807, 2.05) is 30.3 Å². The molecule has 80 valence electrons. The lowest BCUT2D eigenvalue weighted by atomic mass is 9.79. The highest BCUT2D eigenvalue weighted by molar-refractivity contribution is 5.82. The van der Waals surface area contributed by atoms with Crippen molar-refractivity contribution >= 4 is 5.97 Å². The van der Waals surface area contributed by atoms with Crippen LogP contribution in [0.15, 0.2) is 30.3 Å². The Balaban J connectivity index is 2.41. The van der Waals surface area contributed by atoms with Gasteiger partial charge in [0.1, 0.15) is 0 Å². The second-order valence-electron chi connectivity index (χ2n) is 4.15. The molecule has 0 saturated heterocycles. The van der Waals surface area contributed by atoms with Crippen molar-refractivity contribution in [2.45, 2.75) is 30.8 Å². The van der Waals surface area contributed by atoms with E-state index in [0.717, 1.165) is 5.56 Å². The zero-order valence-electron chi connectivity index (χ0n) is 8.39. The molecular formula is C12H14O3. The fourth-order valence-corrected chi connectivity index (χ4v) is 2.36. The van der Waals surface area contributed by atoms with Crippen LogP contribution < -0.4 is 0 Å². The number of carbonyl (C=O) groups is 1. The van der Waals surface area contributed by atoms with Gasteiger partial charge in [-0.25, -0.2) is 0 Å². The Morgan fingerprint density at radius 1 is 1.33 bits per heavy atom. The van der Waals surface area contributed by atoms with Crippen molar-refractivity contribution in [3.05, 3.63) is 35.9 Å². The highest BCUT2D eigenvalue weighted by atomic mass is 16.4. The lowest BCUT2D eigenvalue weighted by Crippen LogP contribution is -2.33. The molecule has 1 fully saturated rings. The Labute approximate surface area is 88.4 Å². The number of benzene rings is 1. The fraction of sp³-hybridized carbons (Fsp3) is 0.417. The first kappa shape index (κ1) is 10.2. The van der Waals surface area contributed by atoms with Crippen LogP contribution in [0.3, 0.4) is 0 Å². The summed E-state index contributed by atoms with van der Waals surface area (Å²) >= 11 is 0. The summed E-state index contributed by atoms with van der Waals surface area (Å²) in [6, 6.07) is 9.19. The third kappa shape index (κ3) is 1.63. The monoisotopic (exact) mass is 206 g/mol. The minimum atomic E-state index is -0.874. The lowest BCUT2D eigenvalue weighted by Gasteiger charge is -2.24. The fourth-order valence-electron chi connectivity index (χ4n) is 2.36. The molecule has 3 nitrogen and oxygen atoms in total. The van der Waals surface area contributed by atoms with Crippen LogP contribution in [0.5, 0.6) is 0 Å². The van der Waals surface area contributed by atoms with Gasteiger partial charge >= 0.3 is 5.97 Å². The molecule has 0 aromatic heterocycles. The number of carboxylic acid groups (broad SMARTS) is 1. The Morgan fingerprint density at radius 3 is 2.47 bits per heavy atom. The van der Waals surface area contributed by atoms with E-state index in [9.17, 15) is 15.0 Å². The SMILES string of the molecule is O=C(O)[C@]1(c2ccccc2)CC[C@H](O)C1. The topological polar surface area (TPSA) is 57.5 Å². The number of aliphatic hydroxyl groups is 1. The molecule has 0 bridgehead atoms. The van der Waals surface area contributed by atoms with Crippen LogP contribution in [0.25, 0.3) is 0 Å². The summed E-state index contributed by atoms with van der Waals surface area (Å²) in [5.74, 6) is -0.828. The van der Waals surface area contributed by atoms with Crippen LogP contribution in [0.1, 0.15) is 24.8 Å². The molecule has 1 saturated carbocycles. The average molecular weight is 206 g/mol. The molecule has 1 aliphatic rings. The van der Waals surface area contributed by atoms with Gasteiger partial charge in [-0.05, 0) is 24.8 Å². The van der Waals surface area contributed by atoms with Gasteiger partial charge in [-0.2, -0.15) is 0 Å². The van der Waals surface area contributed by atoms with E-state index in [-0.39, 0.29) is 0 Å². The molecule has 2 N–H and O–H groups in total. The number of rotatable bonds is 2. The van der Waals surface area contributed by atoms with Crippen LogP contribution in [-0.4, -0.2) is 22.3 Å². The Hall–Kier alpha value is -1.35. The van der Waals surface area contributed by atoms with Crippen LogP contribution >= 0.6 is 0 Å². The second kappa shape index (κ2) is 3.66. The number of aliphatic hydroxyl groups excluding tert-OH is 1. The predicted octanol–water partition coefficient (Wildman–Crippen LogP) is 1.55. The van der Waals surface area contributed by atoms with E-state index in [0.29, 0.717) is 19.3 Å². The van der Waals surface area contributed by atoms with E-state index in [1.165, 1.54) is 0 Å². The van der Waals surface area contributed by atoms with Gasteiger partial charge in [0.15, 0.2) is 0 Å². The summed E-state index contributed by atoms with van der Waals surface area (Å²) in [6.45, 7) is 0. The van der Waals surface area contributed by atoms with E-state index >= 15 is 0 Å². The lowest BCUT2D eigenvalue weighted by molar-refractivity contribution is -0.144. The van der Waals surface area contributed by atoms with Crippen molar-refractivity contribution in [3.8, 4) is 0 Å². The Kier molecular flexibility index (Phi) is 2.49. The molecule has 0 aliphatic heterocycles. The van der Waals surface area contributed by atoms with Gasteiger partial charge in [0.05, 0.1) is 11.5 Å². The number of hydrogen-bond donors (Lipinski definition) is 2. The molecule has 2 atom stereocenters. The van der Waals surface area contributed by atoms with E-state index in [1.54, 1.807) is 0 Å². The highest BCUT2D eigenvalue weighted by Gasteiger charge is 2.46. The van der Waals surface area contributed by atoms with Gasteiger partial charge < -0.3 is 10.2 Å². The van der Waals surface area contributed by atoms with Crippen LogP contribution in [-0.2, 0) is 10.2 Å². The zero-order chi connectivity index (χ0) is 10.9. The van der Waals surface area contributed by atoms with Gasteiger partial charge in [-0.1, -0.05) is 30.3 Å². The predicted molar refractivity (Wildman–Crippen MR) is 55.6 cm³/mol. The van der Waals surface area contributed by atoms with E-state index in [4.69, 9.17) is 0 Å². The minimum absolute atomic E-state index is 0.326. The molecule has 2 rings (SSSR count). The summed E-state index contributed by atoms with van der Waals surface area (Å²) in [5.41, 5.74) is -0.0743. The quantitative estimate of drug-likeness (QED) is 0.772. The third-order valence-electron chi connectivity index (χ3n) is 3.22. The van der Waals surface area contributed by atoms with Crippen molar-refractivity contribution in [1.82, 2.24) is 0 Å². The normalized spacial score (nSPS) is 30.3. The Bertz CT molecular complexity index is 360. The molecule has 0 amide bonds. The molecule has 3 heteroatoms. The van der Waals surface area contributed by atoms with Crippen molar-refractivity contribution in [3.63, 3.8) is 0 Å². The molecule has 1 aromatic carbocycles. The van der Waals surface area contributed by atoms with Gasteiger partial charge in [-0.15, -0.1) is 0 Å². The first-order valence-corrected chi connectivity index (χ1v) is 5.12. The average Bonchev–Trinajstić information content (AvgIpc) is 2.63. The van der Waals surface area contributed by atoms with Gasteiger partial charge in [0.2, 0.25) is 0 Å². The molecule has 0 unspecified atom stereocenters. The summed E-state index contributed by atoms with van der Waals surface area (Å²) in [7, 11) is 0. The summed E-state index contributed by atoms with van der Waals surface area (Å²) in [6.07, 6.45) is 0.933. The van der Waals surface area contributed by atoms with Gasteiger partial charge in [0, 0.05) is 0 Å². The van der Waals surface area contributed by atoms with Crippen molar-refractivity contribution < 1.29 is 15.0 Å². The molecule has 0 radical (unpaired) electrons. The maximum Gasteiger partial charge on any atom is 0.314 e. The molecule has 1 aliphatic carbocycles. The molecule has 1 aromatic rings. The third-order valence-corrected chi connectivity index (χ3v) is 3.22.